The Bertz CT molecular complexity index is 1110. The van der Waals surface area contributed by atoms with Crippen LogP contribution in [0.4, 0.5) is 10.1 Å². The summed E-state index contributed by atoms with van der Waals surface area (Å²) < 4.78 is 24.9. The molecule has 0 saturated carbocycles. The van der Waals surface area contributed by atoms with Crippen LogP contribution in [0.3, 0.4) is 0 Å². The lowest BCUT2D eigenvalue weighted by molar-refractivity contribution is -0.139. The van der Waals surface area contributed by atoms with Gasteiger partial charge in [0.15, 0.2) is 0 Å². The minimum absolute atomic E-state index is 0.210. The smallest absolute Gasteiger partial charge is 0.309 e. The Kier molecular flexibility index (Phi) is 7.99. The van der Waals surface area contributed by atoms with Crippen LogP contribution in [0.25, 0.3) is 0 Å². The predicted molar refractivity (Wildman–Crippen MR) is 129 cm³/mol. The van der Waals surface area contributed by atoms with Crippen molar-refractivity contribution >= 4 is 17.5 Å². The van der Waals surface area contributed by atoms with Crippen molar-refractivity contribution in [3.63, 3.8) is 0 Å². The van der Waals surface area contributed by atoms with Crippen LogP contribution >= 0.6 is 0 Å². The molecule has 2 amide bonds. The number of amides is 2. The van der Waals surface area contributed by atoms with Crippen LogP contribution in [-0.2, 0) is 16.1 Å². The van der Waals surface area contributed by atoms with Gasteiger partial charge in [-0.25, -0.2) is 4.39 Å². The third-order valence-electron chi connectivity index (χ3n) is 6.09. The molecule has 1 unspecified atom stereocenters. The van der Waals surface area contributed by atoms with Crippen molar-refractivity contribution in [2.75, 3.05) is 44.7 Å². The van der Waals surface area contributed by atoms with Crippen LogP contribution < -0.4 is 20.3 Å². The number of benzene rings is 2. The highest BCUT2D eigenvalue weighted by atomic mass is 19.1. The maximum Gasteiger partial charge on any atom is 0.309 e. The van der Waals surface area contributed by atoms with Crippen molar-refractivity contribution in [2.24, 2.45) is 0 Å². The molecule has 0 aliphatic carbocycles. The van der Waals surface area contributed by atoms with Gasteiger partial charge in [-0.15, -0.1) is 0 Å². The summed E-state index contributed by atoms with van der Waals surface area (Å²) in [6, 6.07) is 17.4. The van der Waals surface area contributed by atoms with Crippen LogP contribution in [0.2, 0.25) is 0 Å². The molecule has 4 rings (SSSR count). The number of nitrogens with zero attached hydrogens (tertiary/aromatic N) is 2. The SMILES string of the molecule is COc1ccc(CNC(=O)C(=O)NCC(c2ccco2)N2CCN(c3ccccc3F)CC2)cc1. The first kappa shape index (κ1) is 24.3. The van der Waals surface area contributed by atoms with E-state index in [2.05, 4.69) is 15.5 Å². The topological polar surface area (TPSA) is 87.0 Å². The van der Waals surface area contributed by atoms with Gasteiger partial charge in [-0.05, 0) is 42.0 Å². The minimum Gasteiger partial charge on any atom is -0.497 e. The Labute approximate surface area is 203 Å². The molecule has 1 aliphatic rings. The fraction of sp³-hybridized carbons (Fsp3) is 0.308. The maximum absolute atomic E-state index is 14.2. The van der Waals surface area contributed by atoms with Crippen molar-refractivity contribution in [1.29, 1.82) is 0 Å². The van der Waals surface area contributed by atoms with E-state index in [1.165, 1.54) is 6.07 Å². The number of nitrogens with one attached hydrogen (secondary N) is 2. The molecule has 0 spiro atoms. The van der Waals surface area contributed by atoms with Gasteiger partial charge in [0.1, 0.15) is 17.3 Å². The van der Waals surface area contributed by atoms with Gasteiger partial charge in [0.25, 0.3) is 0 Å². The number of rotatable bonds is 8. The van der Waals surface area contributed by atoms with Gasteiger partial charge in [-0.1, -0.05) is 24.3 Å². The first-order chi connectivity index (χ1) is 17.0. The summed E-state index contributed by atoms with van der Waals surface area (Å²) in [7, 11) is 1.58. The Morgan fingerprint density at radius 1 is 0.971 bits per heavy atom. The number of anilines is 1. The fourth-order valence-electron chi connectivity index (χ4n) is 4.15. The van der Waals surface area contributed by atoms with E-state index in [1.54, 1.807) is 43.7 Å². The second-order valence-corrected chi connectivity index (χ2v) is 8.25. The van der Waals surface area contributed by atoms with Crippen molar-refractivity contribution in [1.82, 2.24) is 15.5 Å². The summed E-state index contributed by atoms with van der Waals surface area (Å²) in [5.74, 6) is -0.236. The van der Waals surface area contributed by atoms with Gasteiger partial charge in [0.05, 0.1) is 25.1 Å². The van der Waals surface area contributed by atoms with E-state index < -0.39 is 11.8 Å². The third-order valence-corrected chi connectivity index (χ3v) is 6.09. The number of carbonyl (C=O) groups excluding carboxylic acids is 2. The van der Waals surface area contributed by atoms with E-state index in [0.717, 1.165) is 11.3 Å². The lowest BCUT2D eigenvalue weighted by atomic mass is 10.1. The summed E-state index contributed by atoms with van der Waals surface area (Å²) >= 11 is 0. The molecule has 2 heterocycles. The highest BCUT2D eigenvalue weighted by Crippen LogP contribution is 2.25. The Morgan fingerprint density at radius 3 is 2.34 bits per heavy atom. The molecule has 1 aromatic heterocycles. The monoisotopic (exact) mass is 480 g/mol. The standard InChI is InChI=1S/C26H29FN4O4/c1-34-20-10-8-19(9-11-20)17-28-25(32)26(33)29-18-23(24-7-4-16-35-24)31-14-12-30(13-15-31)22-6-3-2-5-21(22)27/h2-11,16,23H,12-15,17-18H2,1H3,(H,28,32)(H,29,33). The first-order valence-corrected chi connectivity index (χ1v) is 11.5. The van der Waals surface area contributed by atoms with Gasteiger partial charge in [-0.3, -0.25) is 14.5 Å². The molecule has 3 aromatic rings. The molecular formula is C26H29FN4O4. The van der Waals surface area contributed by atoms with Gasteiger partial charge in [-0.2, -0.15) is 0 Å². The molecular weight excluding hydrogens is 451 g/mol. The number of methoxy groups -OCH3 is 1. The maximum atomic E-state index is 14.2. The number of carbonyl (C=O) groups is 2. The first-order valence-electron chi connectivity index (χ1n) is 11.5. The predicted octanol–water partition coefficient (Wildman–Crippen LogP) is 2.72. The van der Waals surface area contributed by atoms with E-state index in [4.69, 9.17) is 9.15 Å². The molecule has 35 heavy (non-hydrogen) atoms. The lowest BCUT2D eigenvalue weighted by Gasteiger charge is -2.39. The summed E-state index contributed by atoms with van der Waals surface area (Å²) in [4.78, 5) is 29.0. The van der Waals surface area contributed by atoms with E-state index in [0.29, 0.717) is 37.6 Å². The number of halogens is 1. The Hall–Kier alpha value is -3.85. The second-order valence-electron chi connectivity index (χ2n) is 8.25. The summed E-state index contributed by atoms with van der Waals surface area (Å²) in [6.07, 6.45) is 1.58. The Balaban J connectivity index is 1.31. The zero-order valence-electron chi connectivity index (χ0n) is 19.6. The molecule has 184 valence electrons. The molecule has 8 nitrogen and oxygen atoms in total. The number of hydrogen-bond acceptors (Lipinski definition) is 6. The summed E-state index contributed by atoms with van der Waals surface area (Å²) in [5.41, 5.74) is 1.44. The number of furan rings is 1. The second kappa shape index (κ2) is 11.5. The highest BCUT2D eigenvalue weighted by molar-refractivity contribution is 6.35. The quantitative estimate of drug-likeness (QED) is 0.482. The molecule has 1 fully saturated rings. The van der Waals surface area contributed by atoms with Gasteiger partial charge >= 0.3 is 11.8 Å². The van der Waals surface area contributed by atoms with Gasteiger partial charge < -0.3 is 24.7 Å². The average molecular weight is 481 g/mol. The highest BCUT2D eigenvalue weighted by Gasteiger charge is 2.28. The Morgan fingerprint density at radius 2 is 1.69 bits per heavy atom. The third kappa shape index (κ3) is 6.19. The van der Waals surface area contributed by atoms with Crippen LogP contribution in [-0.4, -0.2) is 56.5 Å². The lowest BCUT2D eigenvalue weighted by Crippen LogP contribution is -2.51. The summed E-state index contributed by atoms with van der Waals surface area (Å²) in [6.45, 7) is 3.01. The fourth-order valence-corrected chi connectivity index (χ4v) is 4.15. The zero-order valence-corrected chi connectivity index (χ0v) is 19.6. The van der Waals surface area contributed by atoms with Crippen LogP contribution in [0.15, 0.2) is 71.3 Å². The minimum atomic E-state index is -0.708. The van der Waals surface area contributed by atoms with Crippen molar-refractivity contribution in [3.8, 4) is 5.75 Å². The number of ether oxygens (including phenoxy) is 1. The van der Waals surface area contributed by atoms with E-state index in [-0.39, 0.29) is 24.9 Å². The average Bonchev–Trinajstić information content (AvgIpc) is 3.43. The molecule has 2 N–H and O–H groups in total. The summed E-state index contributed by atoms with van der Waals surface area (Å²) in [5, 5.41) is 5.36. The number of para-hydroxylation sites is 1. The molecule has 2 aromatic carbocycles. The van der Waals surface area contributed by atoms with Crippen molar-refractivity contribution < 1.29 is 23.1 Å². The van der Waals surface area contributed by atoms with Crippen LogP contribution in [0.5, 0.6) is 5.75 Å². The molecule has 0 radical (unpaired) electrons. The number of piperazine rings is 1. The molecule has 1 atom stereocenters. The zero-order chi connectivity index (χ0) is 24.6. The normalized spacial score (nSPS) is 14.9. The molecule has 9 heteroatoms. The number of hydrogen-bond donors (Lipinski definition) is 2. The van der Waals surface area contributed by atoms with E-state index in [9.17, 15) is 14.0 Å². The largest absolute Gasteiger partial charge is 0.497 e. The van der Waals surface area contributed by atoms with Gasteiger partial charge in [0, 0.05) is 39.3 Å². The van der Waals surface area contributed by atoms with E-state index >= 15 is 0 Å². The van der Waals surface area contributed by atoms with E-state index in [1.807, 2.05) is 29.2 Å². The van der Waals surface area contributed by atoms with Crippen LogP contribution in [0, 0.1) is 5.82 Å². The van der Waals surface area contributed by atoms with Crippen LogP contribution in [0.1, 0.15) is 17.4 Å². The molecule has 1 aliphatic heterocycles. The molecule has 0 bridgehead atoms. The molecule has 1 saturated heterocycles. The van der Waals surface area contributed by atoms with Gasteiger partial charge in [0.2, 0.25) is 0 Å². The van der Waals surface area contributed by atoms with Crippen molar-refractivity contribution in [3.05, 3.63) is 84.1 Å². The van der Waals surface area contributed by atoms with Crippen molar-refractivity contribution in [2.45, 2.75) is 12.6 Å².